The number of rotatable bonds is 10. The Labute approximate surface area is 227 Å². The Morgan fingerprint density at radius 3 is 2.21 bits per heavy atom. The number of aromatic nitrogens is 2. The van der Waals surface area contributed by atoms with Crippen molar-refractivity contribution in [3.05, 3.63) is 114 Å². The Balaban J connectivity index is 1.53. The summed E-state index contributed by atoms with van der Waals surface area (Å²) in [6, 6.07) is 29.6. The van der Waals surface area contributed by atoms with E-state index in [0.29, 0.717) is 25.9 Å². The van der Waals surface area contributed by atoms with Crippen molar-refractivity contribution >= 4 is 33.7 Å². The number of hydrogen-bond donors (Lipinski definition) is 1. The first kappa shape index (κ1) is 26.1. The number of ether oxygens (including phenoxy) is 2. The van der Waals surface area contributed by atoms with Crippen LogP contribution in [0.4, 0.5) is 0 Å². The lowest BCUT2D eigenvalue weighted by molar-refractivity contribution is -0.143. The fourth-order valence-electron chi connectivity index (χ4n) is 5.06. The van der Waals surface area contributed by atoms with Crippen LogP contribution >= 0.6 is 0 Å². The molecular formula is C32H31N3O4. The quantitative estimate of drug-likeness (QED) is 0.262. The molecule has 0 spiro atoms. The lowest BCUT2D eigenvalue weighted by Gasteiger charge is -2.17. The Morgan fingerprint density at radius 1 is 0.846 bits per heavy atom. The van der Waals surface area contributed by atoms with Crippen LogP contribution in [0.2, 0.25) is 0 Å². The second-order valence-electron chi connectivity index (χ2n) is 9.40. The molecule has 198 valence electrons. The molecule has 0 aliphatic heterocycles. The largest absolute Gasteiger partial charge is 0.468 e. The van der Waals surface area contributed by atoms with Crippen LogP contribution in [0, 0.1) is 0 Å². The third-order valence-corrected chi connectivity index (χ3v) is 6.92. The summed E-state index contributed by atoms with van der Waals surface area (Å²) in [7, 11) is 2.76. The van der Waals surface area contributed by atoms with E-state index in [1.54, 1.807) is 0 Å². The number of fused-ring (bicyclic) bond motifs is 3. The molecular weight excluding hydrogens is 490 g/mol. The van der Waals surface area contributed by atoms with Gasteiger partial charge in [-0.3, -0.25) is 4.79 Å². The van der Waals surface area contributed by atoms with Gasteiger partial charge in [0.05, 0.1) is 25.4 Å². The molecule has 0 saturated heterocycles. The molecule has 0 unspecified atom stereocenters. The van der Waals surface area contributed by atoms with Crippen molar-refractivity contribution in [2.75, 3.05) is 20.8 Å². The van der Waals surface area contributed by atoms with Crippen molar-refractivity contribution < 1.29 is 19.1 Å². The predicted octanol–water partition coefficient (Wildman–Crippen LogP) is 4.94. The van der Waals surface area contributed by atoms with E-state index in [2.05, 4.69) is 34.1 Å². The van der Waals surface area contributed by atoms with Crippen LogP contribution in [-0.2, 0) is 33.7 Å². The van der Waals surface area contributed by atoms with E-state index >= 15 is 0 Å². The third kappa shape index (κ3) is 5.68. The van der Waals surface area contributed by atoms with Gasteiger partial charge in [0.25, 0.3) is 0 Å². The number of methoxy groups -OCH3 is 2. The number of carbonyl (C=O) groups excluding carboxylic acids is 2. The zero-order valence-corrected chi connectivity index (χ0v) is 22.1. The second kappa shape index (κ2) is 11.9. The van der Waals surface area contributed by atoms with Crippen molar-refractivity contribution in [3.8, 4) is 0 Å². The van der Waals surface area contributed by atoms with Crippen molar-refractivity contribution in [2.45, 2.75) is 25.4 Å². The molecule has 2 aromatic heterocycles. The monoisotopic (exact) mass is 521 g/mol. The van der Waals surface area contributed by atoms with Gasteiger partial charge in [0.2, 0.25) is 0 Å². The Kier molecular flexibility index (Phi) is 7.99. The highest BCUT2D eigenvalue weighted by Gasteiger charge is 2.22. The molecule has 0 saturated carbocycles. The molecule has 0 amide bonds. The Bertz CT molecular complexity index is 1600. The fraction of sp³-hybridized carbons (Fsp3) is 0.219. The first-order valence-corrected chi connectivity index (χ1v) is 13.0. The second-order valence-corrected chi connectivity index (χ2v) is 9.40. The molecule has 0 radical (unpaired) electrons. The number of esters is 2. The van der Waals surface area contributed by atoms with Gasteiger partial charge in [-0.15, -0.1) is 0 Å². The summed E-state index contributed by atoms with van der Waals surface area (Å²) in [6.07, 6.45) is 1.00. The van der Waals surface area contributed by atoms with Crippen molar-refractivity contribution in [2.24, 2.45) is 0 Å². The first-order valence-electron chi connectivity index (χ1n) is 13.0. The maximum atomic E-state index is 12.6. The number of benzene rings is 3. The minimum Gasteiger partial charge on any atom is -0.468 e. The average molecular weight is 522 g/mol. The standard InChI is InChI=1S/C32H31N3O4/c1-38-31(36)27(19-22-11-5-3-6-12-22)33-18-17-26-30-25(20-28(34-26)32(37)39-2)24-15-9-10-16-29(24)35(30)21-23-13-7-4-8-14-23/h3-16,20,27,33H,17-19,21H2,1-2H3/t27-/m0/s1. The zero-order chi connectivity index (χ0) is 27.2. The van der Waals surface area contributed by atoms with Crippen LogP contribution in [0.5, 0.6) is 0 Å². The number of nitrogens with zero attached hydrogens (tertiary/aromatic N) is 2. The van der Waals surface area contributed by atoms with Crippen molar-refractivity contribution in [1.82, 2.24) is 14.9 Å². The van der Waals surface area contributed by atoms with E-state index in [-0.39, 0.29) is 11.7 Å². The van der Waals surface area contributed by atoms with Gasteiger partial charge in [-0.2, -0.15) is 0 Å². The summed E-state index contributed by atoms with van der Waals surface area (Å²) in [5, 5.41) is 5.35. The third-order valence-electron chi connectivity index (χ3n) is 6.92. The molecule has 0 aliphatic carbocycles. The smallest absolute Gasteiger partial charge is 0.356 e. The zero-order valence-electron chi connectivity index (χ0n) is 22.1. The van der Waals surface area contributed by atoms with Crippen LogP contribution in [0.15, 0.2) is 91.0 Å². The summed E-state index contributed by atoms with van der Waals surface area (Å²) < 4.78 is 12.3. The van der Waals surface area contributed by atoms with Crippen LogP contribution < -0.4 is 5.32 Å². The molecule has 39 heavy (non-hydrogen) atoms. The van der Waals surface area contributed by atoms with Crippen LogP contribution in [0.1, 0.15) is 27.3 Å². The molecule has 0 aliphatic rings. The van der Waals surface area contributed by atoms with E-state index in [4.69, 9.17) is 14.5 Å². The van der Waals surface area contributed by atoms with Crippen molar-refractivity contribution in [1.29, 1.82) is 0 Å². The van der Waals surface area contributed by atoms with E-state index in [1.807, 2.05) is 66.7 Å². The number of carbonyl (C=O) groups is 2. The van der Waals surface area contributed by atoms with Gasteiger partial charge >= 0.3 is 11.9 Å². The molecule has 1 N–H and O–H groups in total. The first-order chi connectivity index (χ1) is 19.1. The number of pyridine rings is 1. The van der Waals surface area contributed by atoms with Gasteiger partial charge in [-0.1, -0.05) is 78.9 Å². The molecule has 7 heteroatoms. The molecule has 5 rings (SSSR count). The fourth-order valence-corrected chi connectivity index (χ4v) is 5.06. The summed E-state index contributed by atoms with van der Waals surface area (Å²) in [4.78, 5) is 29.9. The molecule has 0 bridgehead atoms. The molecule has 7 nitrogen and oxygen atoms in total. The minimum absolute atomic E-state index is 0.261. The normalized spacial score (nSPS) is 11.9. The molecule has 5 aromatic rings. The summed E-state index contributed by atoms with van der Waals surface area (Å²) in [5.74, 6) is -0.805. The van der Waals surface area contributed by atoms with Crippen molar-refractivity contribution in [3.63, 3.8) is 0 Å². The highest BCUT2D eigenvalue weighted by Crippen LogP contribution is 2.32. The highest BCUT2D eigenvalue weighted by molar-refractivity contribution is 6.10. The predicted molar refractivity (Wildman–Crippen MR) is 152 cm³/mol. The topological polar surface area (TPSA) is 82.5 Å². The Morgan fingerprint density at radius 2 is 1.51 bits per heavy atom. The van der Waals surface area contributed by atoms with Gasteiger partial charge < -0.3 is 19.4 Å². The van der Waals surface area contributed by atoms with Gasteiger partial charge in [-0.05, 0) is 29.7 Å². The molecule has 1 atom stereocenters. The lowest BCUT2D eigenvalue weighted by atomic mass is 10.1. The molecule has 3 aromatic carbocycles. The summed E-state index contributed by atoms with van der Waals surface area (Å²) in [5.41, 5.74) is 5.25. The molecule has 0 fully saturated rings. The minimum atomic E-state index is -0.508. The van der Waals surface area contributed by atoms with E-state index in [9.17, 15) is 9.59 Å². The SMILES string of the molecule is COC(=O)c1cc2c3ccccc3n(Cc3ccccc3)c2c(CCN[C@@H](Cc2ccccc2)C(=O)OC)n1. The van der Waals surface area contributed by atoms with Gasteiger partial charge in [0.1, 0.15) is 11.7 Å². The van der Waals surface area contributed by atoms with Crippen LogP contribution in [0.3, 0.4) is 0 Å². The lowest BCUT2D eigenvalue weighted by Crippen LogP contribution is -2.40. The van der Waals surface area contributed by atoms with E-state index in [1.165, 1.54) is 14.2 Å². The number of para-hydroxylation sites is 1. The Hall–Kier alpha value is -4.49. The van der Waals surface area contributed by atoms with E-state index < -0.39 is 12.0 Å². The molecule has 2 heterocycles. The van der Waals surface area contributed by atoms with Gasteiger partial charge in [0.15, 0.2) is 0 Å². The number of nitrogens with one attached hydrogen (secondary N) is 1. The van der Waals surface area contributed by atoms with Crippen LogP contribution in [0.25, 0.3) is 21.8 Å². The number of hydrogen-bond acceptors (Lipinski definition) is 6. The van der Waals surface area contributed by atoms with E-state index in [0.717, 1.165) is 38.6 Å². The summed E-state index contributed by atoms with van der Waals surface area (Å²) >= 11 is 0. The maximum absolute atomic E-state index is 12.6. The summed E-state index contributed by atoms with van der Waals surface area (Å²) in [6.45, 7) is 1.12. The average Bonchev–Trinajstić information content (AvgIpc) is 3.30. The van der Waals surface area contributed by atoms with Crippen LogP contribution in [-0.4, -0.2) is 48.3 Å². The van der Waals surface area contributed by atoms with Gasteiger partial charge in [-0.25, -0.2) is 9.78 Å². The maximum Gasteiger partial charge on any atom is 0.356 e. The van der Waals surface area contributed by atoms with Gasteiger partial charge in [0, 0.05) is 35.8 Å². The highest BCUT2D eigenvalue weighted by atomic mass is 16.5.